The second-order valence-electron chi connectivity index (χ2n) is 3.00. The van der Waals surface area contributed by atoms with E-state index in [1.165, 1.54) is 12.1 Å². The molecule has 1 rings (SSSR count). The van der Waals surface area contributed by atoms with Crippen molar-refractivity contribution in [3.05, 3.63) is 29.8 Å². The number of hydrogen-bond donors (Lipinski definition) is 2. The molecule has 0 aliphatic heterocycles. The molecule has 0 aliphatic rings. The minimum atomic E-state index is -1.03. The van der Waals surface area contributed by atoms with Gasteiger partial charge in [0.15, 0.2) is 11.6 Å². The van der Waals surface area contributed by atoms with Crippen molar-refractivity contribution >= 4 is 24.0 Å². The van der Waals surface area contributed by atoms with Gasteiger partial charge < -0.3 is 10.6 Å². The van der Waals surface area contributed by atoms with Crippen LogP contribution in [0.25, 0.3) is 0 Å². The molecule has 0 atom stereocenters. The number of carbonyl (C=O) groups is 1. The second-order valence-corrected chi connectivity index (χ2v) is 3.00. The van der Waals surface area contributed by atoms with Gasteiger partial charge in [-0.15, -0.1) is 12.4 Å². The molecule has 0 aliphatic carbocycles. The van der Waals surface area contributed by atoms with Gasteiger partial charge in [-0.1, -0.05) is 6.07 Å². The van der Waals surface area contributed by atoms with Gasteiger partial charge in [-0.05, 0) is 19.2 Å². The fraction of sp³-hybridized carbons (Fsp3) is 0.300. The SMILES string of the molecule is CNCCC(=O)Nc1cccc(F)c1F.Cl. The first kappa shape index (κ1) is 14.8. The number of rotatable bonds is 4. The third-order valence-corrected chi connectivity index (χ3v) is 1.83. The summed E-state index contributed by atoms with van der Waals surface area (Å²) in [6.07, 6.45) is 0.215. The maximum absolute atomic E-state index is 13.1. The predicted molar refractivity (Wildman–Crippen MR) is 60.8 cm³/mol. The van der Waals surface area contributed by atoms with E-state index in [9.17, 15) is 13.6 Å². The Hall–Kier alpha value is -1.20. The van der Waals surface area contributed by atoms with E-state index in [2.05, 4.69) is 10.6 Å². The number of benzene rings is 1. The molecule has 0 bridgehead atoms. The molecule has 0 radical (unpaired) electrons. The highest BCUT2D eigenvalue weighted by Gasteiger charge is 2.09. The number of halogens is 3. The molecule has 1 amide bonds. The molecule has 6 heteroatoms. The molecule has 16 heavy (non-hydrogen) atoms. The lowest BCUT2D eigenvalue weighted by molar-refractivity contribution is -0.116. The Morgan fingerprint density at radius 2 is 2.06 bits per heavy atom. The van der Waals surface area contributed by atoms with Crippen molar-refractivity contribution in [2.24, 2.45) is 0 Å². The molecule has 2 N–H and O–H groups in total. The number of nitrogens with one attached hydrogen (secondary N) is 2. The Morgan fingerprint density at radius 3 is 2.69 bits per heavy atom. The molecular weight excluding hydrogens is 238 g/mol. The minimum absolute atomic E-state index is 0. The zero-order valence-electron chi connectivity index (χ0n) is 8.72. The fourth-order valence-electron chi connectivity index (χ4n) is 1.05. The lowest BCUT2D eigenvalue weighted by Crippen LogP contribution is -2.19. The lowest BCUT2D eigenvalue weighted by Gasteiger charge is -2.06. The minimum Gasteiger partial charge on any atom is -0.323 e. The van der Waals surface area contributed by atoms with Gasteiger partial charge in [0.25, 0.3) is 0 Å². The normalized spacial score (nSPS) is 9.44. The Labute approximate surface area is 98.6 Å². The first-order valence-corrected chi connectivity index (χ1v) is 4.53. The number of hydrogen-bond acceptors (Lipinski definition) is 2. The number of amides is 1. The molecule has 0 spiro atoms. The van der Waals surface area contributed by atoms with Gasteiger partial charge in [0.05, 0.1) is 5.69 Å². The van der Waals surface area contributed by atoms with E-state index >= 15 is 0 Å². The molecule has 90 valence electrons. The number of anilines is 1. The third-order valence-electron chi connectivity index (χ3n) is 1.83. The molecule has 0 saturated carbocycles. The topological polar surface area (TPSA) is 41.1 Å². The number of carbonyl (C=O) groups excluding carboxylic acids is 1. The van der Waals surface area contributed by atoms with Crippen LogP contribution in [0.5, 0.6) is 0 Å². The molecular formula is C10H13ClF2N2O. The van der Waals surface area contributed by atoms with Crippen LogP contribution in [0.3, 0.4) is 0 Å². The fourth-order valence-corrected chi connectivity index (χ4v) is 1.05. The molecule has 0 saturated heterocycles. The highest BCUT2D eigenvalue weighted by molar-refractivity contribution is 5.90. The molecule has 1 aromatic carbocycles. The first-order valence-electron chi connectivity index (χ1n) is 4.53. The van der Waals surface area contributed by atoms with Gasteiger partial charge >= 0.3 is 0 Å². The van der Waals surface area contributed by atoms with Crippen molar-refractivity contribution in [2.45, 2.75) is 6.42 Å². The molecule has 0 aromatic heterocycles. The van der Waals surface area contributed by atoms with Gasteiger partial charge in [0.1, 0.15) is 0 Å². The second kappa shape index (κ2) is 7.14. The predicted octanol–water partition coefficient (Wildman–Crippen LogP) is 1.93. The molecule has 0 fully saturated rings. The van der Waals surface area contributed by atoms with Gasteiger partial charge in [0, 0.05) is 13.0 Å². The van der Waals surface area contributed by atoms with Gasteiger partial charge in [-0.25, -0.2) is 8.78 Å². The van der Waals surface area contributed by atoms with E-state index in [-0.39, 0.29) is 30.4 Å². The third kappa shape index (κ3) is 4.12. The van der Waals surface area contributed by atoms with Gasteiger partial charge in [0.2, 0.25) is 5.91 Å². The summed E-state index contributed by atoms with van der Waals surface area (Å²) in [6.45, 7) is 0.489. The largest absolute Gasteiger partial charge is 0.323 e. The van der Waals surface area contributed by atoms with Crippen molar-refractivity contribution in [3.8, 4) is 0 Å². The van der Waals surface area contributed by atoms with Crippen LogP contribution in [-0.4, -0.2) is 19.5 Å². The molecule has 3 nitrogen and oxygen atoms in total. The van der Waals surface area contributed by atoms with Crippen LogP contribution in [0.2, 0.25) is 0 Å². The summed E-state index contributed by atoms with van der Waals surface area (Å²) in [5.41, 5.74) is -0.129. The summed E-state index contributed by atoms with van der Waals surface area (Å²) in [6, 6.07) is 3.65. The zero-order valence-corrected chi connectivity index (χ0v) is 9.54. The molecule has 0 heterocycles. The van der Waals surface area contributed by atoms with Crippen molar-refractivity contribution in [2.75, 3.05) is 18.9 Å². The van der Waals surface area contributed by atoms with E-state index in [1.54, 1.807) is 7.05 Å². The summed E-state index contributed by atoms with van der Waals surface area (Å²) in [5.74, 6) is -2.36. The van der Waals surface area contributed by atoms with Crippen molar-refractivity contribution in [1.82, 2.24) is 5.32 Å². The van der Waals surface area contributed by atoms with Crippen LogP contribution < -0.4 is 10.6 Å². The maximum atomic E-state index is 13.1. The van der Waals surface area contributed by atoms with Crippen molar-refractivity contribution in [3.63, 3.8) is 0 Å². The summed E-state index contributed by atoms with van der Waals surface area (Å²) in [4.78, 5) is 11.2. The van der Waals surface area contributed by atoms with Crippen LogP contribution >= 0.6 is 12.4 Å². The van der Waals surface area contributed by atoms with Crippen LogP contribution in [0, 0.1) is 11.6 Å². The van der Waals surface area contributed by atoms with Crippen LogP contribution in [-0.2, 0) is 4.79 Å². The summed E-state index contributed by atoms with van der Waals surface area (Å²) < 4.78 is 25.8. The Morgan fingerprint density at radius 1 is 1.38 bits per heavy atom. The van der Waals surface area contributed by atoms with E-state index in [4.69, 9.17) is 0 Å². The van der Waals surface area contributed by atoms with E-state index < -0.39 is 11.6 Å². The monoisotopic (exact) mass is 250 g/mol. The summed E-state index contributed by atoms with van der Waals surface area (Å²) >= 11 is 0. The van der Waals surface area contributed by atoms with Gasteiger partial charge in [-0.3, -0.25) is 4.79 Å². The Kier molecular flexibility index (Phi) is 6.60. The van der Waals surface area contributed by atoms with Crippen LogP contribution in [0.1, 0.15) is 6.42 Å². The lowest BCUT2D eigenvalue weighted by atomic mass is 10.3. The summed E-state index contributed by atoms with van der Waals surface area (Å²) in [5, 5.41) is 5.07. The zero-order chi connectivity index (χ0) is 11.3. The van der Waals surface area contributed by atoms with E-state index in [0.717, 1.165) is 6.07 Å². The Balaban J connectivity index is 0.00000225. The average molecular weight is 251 g/mol. The average Bonchev–Trinajstić information content (AvgIpc) is 2.22. The highest BCUT2D eigenvalue weighted by Crippen LogP contribution is 2.16. The smallest absolute Gasteiger partial charge is 0.225 e. The Bertz CT molecular complexity index is 361. The quantitative estimate of drug-likeness (QED) is 0.858. The summed E-state index contributed by atoms with van der Waals surface area (Å²) in [7, 11) is 1.70. The standard InChI is InChI=1S/C10H12F2N2O.ClH/c1-13-6-5-9(15)14-8-4-2-3-7(11)10(8)12;/h2-4,13H,5-6H2,1H3,(H,14,15);1H. The van der Waals surface area contributed by atoms with Crippen LogP contribution in [0.15, 0.2) is 18.2 Å². The van der Waals surface area contributed by atoms with Gasteiger partial charge in [-0.2, -0.15) is 0 Å². The highest BCUT2D eigenvalue weighted by atomic mass is 35.5. The first-order chi connectivity index (χ1) is 7.15. The van der Waals surface area contributed by atoms with E-state index in [0.29, 0.717) is 6.54 Å². The van der Waals surface area contributed by atoms with Crippen molar-refractivity contribution < 1.29 is 13.6 Å². The van der Waals surface area contributed by atoms with E-state index in [1.807, 2.05) is 0 Å². The van der Waals surface area contributed by atoms with Crippen LogP contribution in [0.4, 0.5) is 14.5 Å². The van der Waals surface area contributed by atoms with Crippen molar-refractivity contribution in [1.29, 1.82) is 0 Å². The molecule has 0 unspecified atom stereocenters. The maximum Gasteiger partial charge on any atom is 0.225 e. The molecule has 1 aromatic rings.